The van der Waals surface area contributed by atoms with Crippen LogP contribution in [0.25, 0.3) is 0 Å². The number of sulfonamides is 1. The minimum absolute atomic E-state index is 0.0332. The quantitative estimate of drug-likeness (QED) is 0.847. The van der Waals surface area contributed by atoms with Gasteiger partial charge in [-0.15, -0.1) is 0 Å². The molecule has 1 aromatic rings. The van der Waals surface area contributed by atoms with Crippen molar-refractivity contribution >= 4 is 15.7 Å². The summed E-state index contributed by atoms with van der Waals surface area (Å²) >= 11 is 0. The molecule has 120 valence electrons. The molecule has 0 aromatic carbocycles. The van der Waals surface area contributed by atoms with Crippen molar-refractivity contribution in [3.05, 3.63) is 18.5 Å². The monoisotopic (exact) mass is 313 g/mol. The van der Waals surface area contributed by atoms with Crippen molar-refractivity contribution in [2.75, 3.05) is 11.9 Å². The van der Waals surface area contributed by atoms with Gasteiger partial charge in [-0.2, -0.15) is 0 Å². The van der Waals surface area contributed by atoms with Crippen LogP contribution in [0.4, 0.5) is 5.69 Å². The number of nitrogens with zero attached hydrogens (tertiary/aromatic N) is 1. The number of aromatic nitrogens is 1. The molecule has 6 heteroatoms. The van der Waals surface area contributed by atoms with Crippen LogP contribution in [0, 0.1) is 5.41 Å². The summed E-state index contributed by atoms with van der Waals surface area (Å²) in [5.41, 5.74) is 0.0774. The first-order chi connectivity index (χ1) is 9.47. The van der Waals surface area contributed by atoms with Crippen molar-refractivity contribution in [2.45, 2.75) is 58.4 Å². The van der Waals surface area contributed by atoms with Crippen LogP contribution in [0.5, 0.6) is 0 Å². The maximum absolute atomic E-state index is 12.6. The van der Waals surface area contributed by atoms with E-state index in [0.717, 1.165) is 6.42 Å². The molecule has 0 aliphatic carbocycles. The highest BCUT2D eigenvalue weighted by atomic mass is 32.2. The average molecular weight is 313 g/mol. The smallest absolute Gasteiger partial charge is 0.244 e. The Kier molecular flexibility index (Phi) is 5.39. The second-order valence-corrected chi connectivity index (χ2v) is 8.78. The zero-order valence-corrected chi connectivity index (χ0v) is 14.6. The summed E-state index contributed by atoms with van der Waals surface area (Å²) < 4.78 is 28.1. The Morgan fingerprint density at radius 3 is 2.33 bits per heavy atom. The van der Waals surface area contributed by atoms with Gasteiger partial charge in [0.1, 0.15) is 4.90 Å². The molecule has 0 bridgehead atoms. The Labute approximate surface area is 128 Å². The zero-order valence-electron chi connectivity index (χ0n) is 13.8. The van der Waals surface area contributed by atoms with Gasteiger partial charge in [-0.1, -0.05) is 20.8 Å². The van der Waals surface area contributed by atoms with Crippen molar-refractivity contribution in [3.63, 3.8) is 0 Å². The van der Waals surface area contributed by atoms with E-state index in [1.54, 1.807) is 12.3 Å². The van der Waals surface area contributed by atoms with Crippen molar-refractivity contribution in [2.24, 2.45) is 5.41 Å². The first-order valence-corrected chi connectivity index (χ1v) is 8.67. The summed E-state index contributed by atoms with van der Waals surface area (Å²) in [4.78, 5) is 4.13. The summed E-state index contributed by atoms with van der Waals surface area (Å²) in [7, 11) is -3.62. The molecule has 0 unspecified atom stereocenters. The van der Waals surface area contributed by atoms with E-state index in [1.165, 1.54) is 6.20 Å². The standard InChI is InChI=1S/C15H27N3O2S/c1-7-17-12-8-9-16-10-13(12)21(19,20)18-15(5,6)11-14(2,3)4/h8-10,18H,7,11H2,1-6H3,(H,16,17). The summed E-state index contributed by atoms with van der Waals surface area (Å²) in [6, 6.07) is 1.68. The summed E-state index contributed by atoms with van der Waals surface area (Å²) in [5, 5.41) is 3.06. The van der Waals surface area contributed by atoms with E-state index in [-0.39, 0.29) is 10.3 Å². The number of anilines is 1. The van der Waals surface area contributed by atoms with Crippen LogP contribution in [-0.4, -0.2) is 25.5 Å². The maximum Gasteiger partial charge on any atom is 0.244 e. The fourth-order valence-electron chi connectivity index (χ4n) is 2.71. The molecule has 0 spiro atoms. The molecular weight excluding hydrogens is 286 g/mol. The Balaban J connectivity index is 3.07. The van der Waals surface area contributed by atoms with Crippen LogP contribution < -0.4 is 10.0 Å². The summed E-state index contributed by atoms with van der Waals surface area (Å²) in [6.07, 6.45) is 3.70. The van der Waals surface area contributed by atoms with Crippen molar-refractivity contribution < 1.29 is 8.42 Å². The third-order valence-electron chi connectivity index (χ3n) is 2.82. The predicted molar refractivity (Wildman–Crippen MR) is 86.9 cm³/mol. The van der Waals surface area contributed by atoms with Gasteiger partial charge in [0.25, 0.3) is 0 Å². The Morgan fingerprint density at radius 1 is 1.19 bits per heavy atom. The van der Waals surface area contributed by atoms with E-state index < -0.39 is 15.6 Å². The Morgan fingerprint density at radius 2 is 1.81 bits per heavy atom. The number of hydrogen-bond acceptors (Lipinski definition) is 4. The van der Waals surface area contributed by atoms with Crippen LogP contribution in [0.3, 0.4) is 0 Å². The maximum atomic E-state index is 12.6. The van der Waals surface area contributed by atoms with Gasteiger partial charge in [0.2, 0.25) is 10.0 Å². The SMILES string of the molecule is CCNc1ccncc1S(=O)(=O)NC(C)(C)CC(C)(C)C. The lowest BCUT2D eigenvalue weighted by atomic mass is 9.82. The normalized spacial score (nSPS) is 13.2. The van der Waals surface area contributed by atoms with E-state index in [4.69, 9.17) is 0 Å². The third kappa shape index (κ3) is 5.63. The van der Waals surface area contributed by atoms with Gasteiger partial charge in [-0.05, 0) is 38.7 Å². The van der Waals surface area contributed by atoms with Crippen LogP contribution in [0.2, 0.25) is 0 Å². The first-order valence-electron chi connectivity index (χ1n) is 7.19. The molecule has 21 heavy (non-hydrogen) atoms. The molecule has 0 saturated heterocycles. The van der Waals surface area contributed by atoms with Gasteiger partial charge < -0.3 is 5.32 Å². The lowest BCUT2D eigenvalue weighted by Crippen LogP contribution is -2.45. The molecule has 0 radical (unpaired) electrons. The van der Waals surface area contributed by atoms with E-state index >= 15 is 0 Å². The van der Waals surface area contributed by atoms with Crippen molar-refractivity contribution in [1.29, 1.82) is 0 Å². The zero-order chi connectivity index (χ0) is 16.3. The molecule has 2 N–H and O–H groups in total. The molecule has 1 aromatic heterocycles. The number of rotatable bonds is 6. The van der Waals surface area contributed by atoms with E-state index in [2.05, 4.69) is 35.8 Å². The highest BCUT2D eigenvalue weighted by molar-refractivity contribution is 7.89. The van der Waals surface area contributed by atoms with Crippen molar-refractivity contribution in [3.8, 4) is 0 Å². The molecule has 0 amide bonds. The Bertz CT molecular complexity index is 575. The summed E-state index contributed by atoms with van der Waals surface area (Å²) in [5.74, 6) is 0. The number of nitrogens with one attached hydrogen (secondary N) is 2. The molecular formula is C15H27N3O2S. The van der Waals surface area contributed by atoms with E-state index in [9.17, 15) is 8.42 Å². The minimum atomic E-state index is -3.62. The largest absolute Gasteiger partial charge is 0.384 e. The van der Waals surface area contributed by atoms with E-state index in [0.29, 0.717) is 12.2 Å². The molecule has 1 rings (SSSR count). The van der Waals surface area contributed by atoms with Crippen molar-refractivity contribution in [1.82, 2.24) is 9.71 Å². The number of hydrogen-bond donors (Lipinski definition) is 2. The molecule has 0 atom stereocenters. The second kappa shape index (κ2) is 6.32. The Hall–Kier alpha value is -1.14. The van der Waals surface area contributed by atoms with Crippen LogP contribution in [0.1, 0.15) is 48.0 Å². The van der Waals surface area contributed by atoms with Crippen LogP contribution >= 0.6 is 0 Å². The van der Waals surface area contributed by atoms with Crippen LogP contribution in [-0.2, 0) is 10.0 Å². The number of pyridine rings is 1. The van der Waals surface area contributed by atoms with Gasteiger partial charge in [-0.3, -0.25) is 4.98 Å². The minimum Gasteiger partial charge on any atom is -0.384 e. The molecule has 0 aliphatic rings. The van der Waals surface area contributed by atoms with Gasteiger partial charge in [0.15, 0.2) is 0 Å². The van der Waals surface area contributed by atoms with Gasteiger partial charge in [0, 0.05) is 24.5 Å². The first kappa shape index (κ1) is 17.9. The average Bonchev–Trinajstić information content (AvgIpc) is 2.24. The van der Waals surface area contributed by atoms with E-state index in [1.807, 2.05) is 20.8 Å². The second-order valence-electron chi connectivity index (χ2n) is 7.13. The van der Waals surface area contributed by atoms with Gasteiger partial charge in [-0.25, -0.2) is 13.1 Å². The molecule has 0 saturated carbocycles. The molecule has 0 fully saturated rings. The predicted octanol–water partition coefficient (Wildman–Crippen LogP) is 3.01. The summed E-state index contributed by atoms with van der Waals surface area (Å²) in [6.45, 7) is 12.7. The molecule has 1 heterocycles. The fraction of sp³-hybridized carbons (Fsp3) is 0.667. The fourth-order valence-corrected chi connectivity index (χ4v) is 4.25. The molecule has 0 aliphatic heterocycles. The van der Waals surface area contributed by atoms with Crippen LogP contribution in [0.15, 0.2) is 23.4 Å². The lowest BCUT2D eigenvalue weighted by Gasteiger charge is -2.33. The van der Waals surface area contributed by atoms with Gasteiger partial charge >= 0.3 is 0 Å². The van der Waals surface area contributed by atoms with Gasteiger partial charge in [0.05, 0.1) is 5.69 Å². The lowest BCUT2D eigenvalue weighted by molar-refractivity contribution is 0.269. The third-order valence-corrected chi connectivity index (χ3v) is 4.55. The highest BCUT2D eigenvalue weighted by Crippen LogP contribution is 2.29. The highest BCUT2D eigenvalue weighted by Gasteiger charge is 2.31. The topological polar surface area (TPSA) is 71.1 Å². The molecule has 5 nitrogen and oxygen atoms in total.